The first kappa shape index (κ1) is 12.4. The van der Waals surface area contributed by atoms with Gasteiger partial charge in [0, 0.05) is 20.1 Å². The molecule has 0 spiro atoms. The third-order valence-electron chi connectivity index (χ3n) is 3.67. The van der Waals surface area contributed by atoms with Crippen molar-refractivity contribution in [3.8, 4) is 0 Å². The molecule has 2 fully saturated rings. The third-order valence-corrected chi connectivity index (χ3v) is 3.67. The Bertz CT molecular complexity index is 335. The Kier molecular flexibility index (Phi) is 3.12. The molecule has 0 saturated heterocycles. The van der Waals surface area contributed by atoms with E-state index in [1.165, 1.54) is 14.0 Å². The van der Waals surface area contributed by atoms with E-state index in [1.807, 2.05) is 0 Å². The lowest BCUT2D eigenvalue weighted by Gasteiger charge is -2.40. The lowest BCUT2D eigenvalue weighted by molar-refractivity contribution is -0.166. The quantitative estimate of drug-likeness (QED) is 0.749. The standard InChI is InChI=1S/C12H19NO4/c1-8(14)13(10-5-6-10)12(7-17-2,11(15)16)9-3-4-9/h9-10H,3-7H2,1-2H3,(H,15,16). The monoisotopic (exact) mass is 241 g/mol. The second-order valence-electron chi connectivity index (χ2n) is 5.06. The van der Waals surface area contributed by atoms with Crippen LogP contribution in [0.25, 0.3) is 0 Å². The summed E-state index contributed by atoms with van der Waals surface area (Å²) in [6, 6.07) is 0.0966. The number of hydrogen-bond acceptors (Lipinski definition) is 3. The molecule has 1 N–H and O–H groups in total. The van der Waals surface area contributed by atoms with Gasteiger partial charge in [-0.15, -0.1) is 0 Å². The Hall–Kier alpha value is -1.10. The van der Waals surface area contributed by atoms with E-state index < -0.39 is 11.5 Å². The largest absolute Gasteiger partial charge is 0.479 e. The summed E-state index contributed by atoms with van der Waals surface area (Å²) in [5.41, 5.74) is -1.14. The first-order valence-corrected chi connectivity index (χ1v) is 6.06. The maximum atomic E-state index is 11.8. The number of carboxylic acid groups (broad SMARTS) is 1. The molecule has 2 aliphatic rings. The summed E-state index contributed by atoms with van der Waals surface area (Å²) in [4.78, 5) is 25.1. The molecule has 1 amide bonds. The van der Waals surface area contributed by atoms with Gasteiger partial charge in [0.25, 0.3) is 0 Å². The summed E-state index contributed by atoms with van der Waals surface area (Å²) in [7, 11) is 1.49. The second kappa shape index (κ2) is 4.29. The molecule has 1 unspecified atom stereocenters. The SMILES string of the molecule is COCC(C(=O)O)(C1CC1)N(C(C)=O)C1CC1. The fraction of sp³-hybridized carbons (Fsp3) is 0.833. The van der Waals surface area contributed by atoms with Gasteiger partial charge in [0.1, 0.15) is 0 Å². The van der Waals surface area contributed by atoms with Crippen LogP contribution < -0.4 is 0 Å². The number of hydrogen-bond donors (Lipinski definition) is 1. The fourth-order valence-electron chi connectivity index (χ4n) is 2.70. The van der Waals surface area contributed by atoms with Gasteiger partial charge in [-0.05, 0) is 31.6 Å². The van der Waals surface area contributed by atoms with Crippen LogP contribution in [0.15, 0.2) is 0 Å². The zero-order chi connectivity index (χ0) is 12.6. The van der Waals surface area contributed by atoms with Crippen LogP contribution in [0.3, 0.4) is 0 Å². The minimum Gasteiger partial charge on any atom is -0.479 e. The number of nitrogens with zero attached hydrogens (tertiary/aromatic N) is 1. The van der Waals surface area contributed by atoms with E-state index in [9.17, 15) is 14.7 Å². The number of carbonyl (C=O) groups excluding carboxylic acids is 1. The summed E-state index contributed by atoms with van der Waals surface area (Å²) >= 11 is 0. The lowest BCUT2D eigenvalue weighted by atomic mass is 9.91. The molecule has 5 nitrogen and oxygen atoms in total. The van der Waals surface area contributed by atoms with Crippen molar-refractivity contribution >= 4 is 11.9 Å². The van der Waals surface area contributed by atoms with E-state index in [4.69, 9.17) is 4.74 Å². The van der Waals surface area contributed by atoms with Crippen LogP contribution in [-0.2, 0) is 14.3 Å². The van der Waals surface area contributed by atoms with Gasteiger partial charge in [-0.1, -0.05) is 0 Å². The Labute approximate surface area is 101 Å². The summed E-state index contributed by atoms with van der Waals surface area (Å²) in [6.07, 6.45) is 3.55. The maximum absolute atomic E-state index is 11.8. The third kappa shape index (κ3) is 2.04. The van der Waals surface area contributed by atoms with Crippen molar-refractivity contribution in [1.82, 2.24) is 4.90 Å². The van der Waals surface area contributed by atoms with Crippen molar-refractivity contribution < 1.29 is 19.4 Å². The zero-order valence-electron chi connectivity index (χ0n) is 10.3. The minimum atomic E-state index is -1.14. The van der Waals surface area contributed by atoms with Crippen molar-refractivity contribution in [2.75, 3.05) is 13.7 Å². The van der Waals surface area contributed by atoms with E-state index in [0.29, 0.717) is 0 Å². The van der Waals surface area contributed by atoms with Crippen LogP contribution in [0.4, 0.5) is 0 Å². The van der Waals surface area contributed by atoms with Gasteiger partial charge in [0.2, 0.25) is 5.91 Å². The van der Waals surface area contributed by atoms with E-state index in [0.717, 1.165) is 25.7 Å². The minimum absolute atomic E-state index is 0.0458. The smallest absolute Gasteiger partial charge is 0.332 e. The van der Waals surface area contributed by atoms with Gasteiger partial charge in [0.15, 0.2) is 5.54 Å². The van der Waals surface area contributed by atoms with Crippen molar-refractivity contribution in [3.63, 3.8) is 0 Å². The topological polar surface area (TPSA) is 66.8 Å². The molecule has 0 aromatic heterocycles. The Morgan fingerprint density at radius 3 is 2.24 bits per heavy atom. The predicted molar refractivity (Wildman–Crippen MR) is 60.5 cm³/mol. The summed E-state index contributed by atoms with van der Waals surface area (Å²) < 4.78 is 5.10. The molecule has 0 aromatic carbocycles. The van der Waals surface area contributed by atoms with Crippen LogP contribution in [0, 0.1) is 5.92 Å². The molecule has 0 bridgehead atoms. The highest BCUT2D eigenvalue weighted by molar-refractivity contribution is 5.87. The van der Waals surface area contributed by atoms with Crippen molar-refractivity contribution in [2.45, 2.75) is 44.2 Å². The Balaban J connectivity index is 2.34. The number of carbonyl (C=O) groups is 2. The molecule has 0 aliphatic heterocycles. The summed E-state index contributed by atoms with van der Waals surface area (Å²) in [6.45, 7) is 1.54. The number of amides is 1. The number of ether oxygens (including phenoxy) is 1. The van der Waals surface area contributed by atoms with Gasteiger partial charge < -0.3 is 14.7 Å². The molecule has 0 radical (unpaired) electrons. The first-order valence-electron chi connectivity index (χ1n) is 6.06. The molecule has 0 heterocycles. The normalized spacial score (nSPS) is 22.9. The average Bonchev–Trinajstić information content (AvgIpc) is 3.09. The van der Waals surface area contributed by atoms with Crippen molar-refractivity contribution in [1.29, 1.82) is 0 Å². The fourth-order valence-corrected chi connectivity index (χ4v) is 2.70. The van der Waals surface area contributed by atoms with Crippen LogP contribution in [0.1, 0.15) is 32.6 Å². The number of carboxylic acids is 1. The second-order valence-corrected chi connectivity index (χ2v) is 5.06. The zero-order valence-corrected chi connectivity index (χ0v) is 10.3. The molecule has 17 heavy (non-hydrogen) atoms. The molecule has 2 aliphatic carbocycles. The van der Waals surface area contributed by atoms with E-state index in [2.05, 4.69) is 0 Å². The molecule has 2 saturated carbocycles. The molecule has 5 heteroatoms. The first-order chi connectivity index (χ1) is 8.04. The number of aliphatic carboxylic acids is 1. The summed E-state index contributed by atoms with van der Waals surface area (Å²) in [5.74, 6) is -1.03. The molecule has 0 aromatic rings. The van der Waals surface area contributed by atoms with E-state index in [-0.39, 0.29) is 24.5 Å². The van der Waals surface area contributed by atoms with Crippen LogP contribution >= 0.6 is 0 Å². The predicted octanol–water partition coefficient (Wildman–Crippen LogP) is 0.877. The van der Waals surface area contributed by atoms with Crippen LogP contribution in [0.5, 0.6) is 0 Å². The maximum Gasteiger partial charge on any atom is 0.332 e. The highest BCUT2D eigenvalue weighted by Crippen LogP contribution is 2.47. The Morgan fingerprint density at radius 2 is 1.94 bits per heavy atom. The highest BCUT2D eigenvalue weighted by atomic mass is 16.5. The molecule has 1 atom stereocenters. The molecular formula is C12H19NO4. The van der Waals surface area contributed by atoms with E-state index in [1.54, 1.807) is 4.90 Å². The van der Waals surface area contributed by atoms with Gasteiger partial charge in [0.05, 0.1) is 6.61 Å². The summed E-state index contributed by atoms with van der Waals surface area (Å²) in [5, 5.41) is 9.59. The molecule has 96 valence electrons. The van der Waals surface area contributed by atoms with Gasteiger partial charge in [-0.25, -0.2) is 4.79 Å². The van der Waals surface area contributed by atoms with Crippen molar-refractivity contribution in [3.05, 3.63) is 0 Å². The van der Waals surface area contributed by atoms with Gasteiger partial charge in [-0.3, -0.25) is 4.79 Å². The molecule has 2 rings (SSSR count). The van der Waals surface area contributed by atoms with Gasteiger partial charge in [-0.2, -0.15) is 0 Å². The number of rotatable bonds is 6. The Morgan fingerprint density at radius 1 is 1.35 bits per heavy atom. The average molecular weight is 241 g/mol. The van der Waals surface area contributed by atoms with Crippen molar-refractivity contribution in [2.24, 2.45) is 5.92 Å². The van der Waals surface area contributed by atoms with E-state index >= 15 is 0 Å². The van der Waals surface area contributed by atoms with Crippen LogP contribution in [0.2, 0.25) is 0 Å². The lowest BCUT2D eigenvalue weighted by Crippen LogP contribution is -2.62. The van der Waals surface area contributed by atoms with Gasteiger partial charge >= 0.3 is 5.97 Å². The highest BCUT2D eigenvalue weighted by Gasteiger charge is 2.59. The number of methoxy groups -OCH3 is 1. The molecular weight excluding hydrogens is 222 g/mol. The van der Waals surface area contributed by atoms with Crippen LogP contribution in [-0.4, -0.2) is 47.2 Å².